The zero-order valence-corrected chi connectivity index (χ0v) is 18.9. The molecule has 0 saturated carbocycles. The number of nitrogens with zero attached hydrogens (tertiary/aromatic N) is 3. The van der Waals surface area contributed by atoms with Crippen LogP contribution in [0.2, 0.25) is 0 Å². The van der Waals surface area contributed by atoms with Gasteiger partial charge in [-0.05, 0) is 53.8 Å². The van der Waals surface area contributed by atoms with Crippen LogP contribution in [0.15, 0.2) is 71.5 Å². The number of aryl methyl sites for hydroxylation is 2. The maximum atomic E-state index is 13.2. The van der Waals surface area contributed by atoms with Crippen LogP contribution in [0.1, 0.15) is 22.4 Å². The van der Waals surface area contributed by atoms with Gasteiger partial charge in [-0.2, -0.15) is 4.39 Å². The number of nitrogens with two attached hydrogens (primary N) is 1. The molecule has 0 amide bonds. The molecule has 1 aromatic carbocycles. The number of halogens is 1. The third-order valence-electron chi connectivity index (χ3n) is 5.20. The lowest BCUT2D eigenvalue weighted by Gasteiger charge is -2.14. The quantitative estimate of drug-likeness (QED) is 0.210. The highest BCUT2D eigenvalue weighted by atomic mass is 31.2. The van der Waals surface area contributed by atoms with Gasteiger partial charge in [-0.25, -0.2) is 9.55 Å². The molecule has 0 spiro atoms. The van der Waals surface area contributed by atoms with Crippen molar-refractivity contribution >= 4 is 13.6 Å². The predicted octanol–water partition coefficient (Wildman–Crippen LogP) is 2.56. The Bertz CT molecular complexity index is 1320. The maximum Gasteiger partial charge on any atom is 0.285 e. The molecule has 0 aliphatic heterocycles. The average molecular weight is 484 g/mol. The highest BCUT2D eigenvalue weighted by Crippen LogP contribution is 2.30. The van der Waals surface area contributed by atoms with E-state index in [2.05, 4.69) is 14.7 Å². The van der Waals surface area contributed by atoms with E-state index < -0.39 is 20.5 Å². The third kappa shape index (κ3) is 6.33. The monoisotopic (exact) mass is 484 g/mol. The number of hydrogen-bond donors (Lipinski definition) is 2. The van der Waals surface area contributed by atoms with Crippen LogP contribution in [0.5, 0.6) is 0 Å². The van der Waals surface area contributed by atoms with Gasteiger partial charge in [-0.1, -0.05) is 29.4 Å². The van der Waals surface area contributed by atoms with E-state index >= 15 is 0 Å². The molecule has 0 radical (unpaired) electrons. The van der Waals surface area contributed by atoms with Gasteiger partial charge in [0.05, 0.1) is 11.9 Å². The van der Waals surface area contributed by atoms with Crippen molar-refractivity contribution in [3.63, 3.8) is 0 Å². The van der Waals surface area contributed by atoms with Crippen molar-refractivity contribution in [3.05, 3.63) is 95.3 Å². The molecule has 176 valence electrons. The van der Waals surface area contributed by atoms with Crippen molar-refractivity contribution < 1.29 is 32.4 Å². The van der Waals surface area contributed by atoms with E-state index in [1.54, 1.807) is 18.2 Å². The minimum absolute atomic E-state index is 0.192. The van der Waals surface area contributed by atoms with Crippen molar-refractivity contribution in [1.29, 1.82) is 0 Å². The van der Waals surface area contributed by atoms with Gasteiger partial charge in [0, 0.05) is 18.7 Å². The Labute approximate surface area is 194 Å². The second-order valence-electron chi connectivity index (χ2n) is 7.67. The van der Waals surface area contributed by atoms with Crippen LogP contribution in [0.25, 0.3) is 11.3 Å². The van der Waals surface area contributed by atoms with Crippen LogP contribution in [0.4, 0.5) is 10.2 Å². The molecule has 0 saturated heterocycles. The van der Waals surface area contributed by atoms with Crippen LogP contribution < -0.4 is 15.2 Å². The fourth-order valence-electron chi connectivity index (χ4n) is 3.46. The van der Waals surface area contributed by atoms with E-state index in [0.29, 0.717) is 23.4 Å². The second-order valence-corrected chi connectivity index (χ2v) is 8.86. The van der Waals surface area contributed by atoms with Crippen LogP contribution in [-0.2, 0) is 35.1 Å². The maximum absolute atomic E-state index is 13.2. The number of rotatable bonds is 9. The highest BCUT2D eigenvalue weighted by Gasteiger charge is 2.18. The molecular formula is C23H22FN4O5P. The predicted molar refractivity (Wildman–Crippen MR) is 118 cm³/mol. The van der Waals surface area contributed by atoms with Crippen LogP contribution in [0, 0.1) is 5.95 Å². The molecule has 11 heteroatoms. The van der Waals surface area contributed by atoms with E-state index in [-0.39, 0.29) is 5.82 Å². The highest BCUT2D eigenvalue weighted by molar-refractivity contribution is 7.44. The van der Waals surface area contributed by atoms with Crippen molar-refractivity contribution in [2.45, 2.75) is 26.0 Å². The molecule has 1 unspecified atom stereocenters. The number of phosphoric ester groups is 1. The Kier molecular flexibility index (Phi) is 7.14. The Balaban J connectivity index is 1.40. The number of benzene rings is 1. The Morgan fingerprint density at radius 1 is 1.12 bits per heavy atom. The minimum atomic E-state index is -4.88. The number of pyridine rings is 2. The van der Waals surface area contributed by atoms with Gasteiger partial charge in [-0.3, -0.25) is 14.8 Å². The topological polar surface area (TPSA) is 138 Å². The molecule has 9 nitrogen and oxygen atoms in total. The van der Waals surface area contributed by atoms with Gasteiger partial charge in [-0.15, -0.1) is 0 Å². The summed E-state index contributed by atoms with van der Waals surface area (Å²) in [6.45, 7) is -0.472. The molecule has 3 aromatic heterocycles. The fraction of sp³-hybridized carbons (Fsp3) is 0.174. The lowest BCUT2D eigenvalue weighted by molar-refractivity contribution is -0.712. The first kappa shape index (κ1) is 23.7. The standard InChI is InChI=1S/C23H22FN4O5P/c24-22-13-18(9-10-26-22)8-5-16-3-6-17(7-4-16)12-19-14-21(33-27-19)20-2-1-11-28(23(20)25)15-32-34(29,30)31/h1-4,6-7,9-11,13-14,25H,5,8,12,15H2,(H2,29,30,31). The largest absolute Gasteiger partial charge is 0.756 e. The number of phosphoric acid groups is 1. The second kappa shape index (κ2) is 10.2. The summed E-state index contributed by atoms with van der Waals surface area (Å²) in [5, 5.41) is 4.10. The van der Waals surface area contributed by atoms with Gasteiger partial charge in [0.2, 0.25) is 5.95 Å². The summed E-state index contributed by atoms with van der Waals surface area (Å²) in [4.78, 5) is 23.2. The normalized spacial score (nSPS) is 13.0. The molecule has 0 aliphatic rings. The lowest BCUT2D eigenvalue weighted by Crippen LogP contribution is -2.38. The van der Waals surface area contributed by atoms with E-state index in [1.807, 2.05) is 30.3 Å². The smallest absolute Gasteiger partial charge is 0.285 e. The molecule has 0 aliphatic carbocycles. The van der Waals surface area contributed by atoms with E-state index in [4.69, 9.17) is 15.2 Å². The molecule has 1 atom stereocenters. The molecule has 0 bridgehead atoms. The summed E-state index contributed by atoms with van der Waals surface area (Å²) in [6.07, 6.45) is 5.03. The van der Waals surface area contributed by atoms with Crippen molar-refractivity contribution in [2.24, 2.45) is 0 Å². The van der Waals surface area contributed by atoms with E-state index in [0.717, 1.165) is 29.5 Å². The fourth-order valence-corrected chi connectivity index (χ4v) is 3.73. The molecule has 34 heavy (non-hydrogen) atoms. The van der Waals surface area contributed by atoms with Gasteiger partial charge in [0.25, 0.3) is 13.6 Å². The average Bonchev–Trinajstić information content (AvgIpc) is 3.25. The number of anilines is 1. The van der Waals surface area contributed by atoms with Crippen LogP contribution in [0.3, 0.4) is 0 Å². The molecule has 3 heterocycles. The zero-order valence-electron chi connectivity index (χ0n) is 18.0. The number of hydrogen-bond acceptors (Lipinski definition) is 7. The molecule has 4 rings (SSSR count). The summed E-state index contributed by atoms with van der Waals surface area (Å²) in [5.41, 5.74) is 10.4. The first-order valence-corrected chi connectivity index (χ1v) is 11.9. The SMILES string of the molecule is Nc1c(-c2cc(Cc3ccc(CCc4ccnc(F)c4)cc3)no2)ccc[n+]1COP(=O)([O-])O. The van der Waals surface area contributed by atoms with Crippen LogP contribution in [-0.4, -0.2) is 15.0 Å². The minimum Gasteiger partial charge on any atom is -0.756 e. The van der Waals surface area contributed by atoms with Crippen LogP contribution >= 0.6 is 7.82 Å². The van der Waals surface area contributed by atoms with Crippen molar-refractivity contribution in [3.8, 4) is 11.3 Å². The number of aromatic nitrogens is 3. The Hall–Kier alpha value is -3.43. The molecule has 4 aromatic rings. The Morgan fingerprint density at radius 2 is 1.85 bits per heavy atom. The Morgan fingerprint density at radius 3 is 2.59 bits per heavy atom. The molecule has 3 N–H and O–H groups in total. The van der Waals surface area contributed by atoms with E-state index in [9.17, 15) is 13.8 Å². The summed E-state index contributed by atoms with van der Waals surface area (Å²) >= 11 is 0. The first-order valence-electron chi connectivity index (χ1n) is 10.4. The lowest BCUT2D eigenvalue weighted by atomic mass is 10.0. The summed E-state index contributed by atoms with van der Waals surface area (Å²) in [5.74, 6) is 0.133. The van der Waals surface area contributed by atoms with Gasteiger partial charge in [0.1, 0.15) is 5.56 Å². The zero-order chi connectivity index (χ0) is 24.1. The summed E-state index contributed by atoms with van der Waals surface area (Å²) in [6, 6.07) is 16.4. The van der Waals surface area contributed by atoms with E-state index in [1.165, 1.54) is 23.0 Å². The van der Waals surface area contributed by atoms with Gasteiger partial charge in [0.15, 0.2) is 12.5 Å². The summed E-state index contributed by atoms with van der Waals surface area (Å²) < 4.78 is 35.2. The number of nitrogen functional groups attached to an aromatic ring is 1. The molecule has 0 fully saturated rings. The van der Waals surface area contributed by atoms with Crippen molar-refractivity contribution in [1.82, 2.24) is 10.1 Å². The van der Waals surface area contributed by atoms with Crippen molar-refractivity contribution in [2.75, 3.05) is 5.73 Å². The van der Waals surface area contributed by atoms with Gasteiger partial charge < -0.3 is 14.3 Å². The molecular weight excluding hydrogens is 462 g/mol. The summed E-state index contributed by atoms with van der Waals surface area (Å²) in [7, 11) is -4.88. The first-order chi connectivity index (χ1) is 16.3. The third-order valence-corrected chi connectivity index (χ3v) is 5.64. The van der Waals surface area contributed by atoms with Gasteiger partial charge >= 0.3 is 0 Å².